The summed E-state index contributed by atoms with van der Waals surface area (Å²) in [5, 5.41) is 8.30. The molecule has 0 spiro atoms. The van der Waals surface area contributed by atoms with E-state index in [9.17, 15) is 22.0 Å². The van der Waals surface area contributed by atoms with Crippen LogP contribution in [0, 0.1) is 29.1 Å². The fraction of sp³-hybridized carbons (Fsp3) is 0. The Bertz CT molecular complexity index is 235. The summed E-state index contributed by atoms with van der Waals surface area (Å²) >= 11 is 0. The minimum Gasteiger partial charge on any atom is -0.503 e. The van der Waals surface area contributed by atoms with Gasteiger partial charge in [-0.2, -0.15) is 8.78 Å². The smallest absolute Gasteiger partial charge is 0.206 e. The van der Waals surface area contributed by atoms with E-state index in [0.29, 0.717) is 0 Å². The summed E-state index contributed by atoms with van der Waals surface area (Å²) in [6, 6.07) is 0. The van der Waals surface area contributed by atoms with Gasteiger partial charge < -0.3 is 5.11 Å². The van der Waals surface area contributed by atoms with Gasteiger partial charge in [0.1, 0.15) is 0 Å². The maximum absolute atomic E-state index is 12.2. The van der Waals surface area contributed by atoms with Crippen molar-refractivity contribution >= 4 is 0 Å². The third kappa shape index (κ3) is 1.76. The van der Waals surface area contributed by atoms with Gasteiger partial charge in [-0.3, -0.25) is 0 Å². The van der Waals surface area contributed by atoms with Crippen molar-refractivity contribution in [2.45, 2.75) is 0 Å². The van der Waals surface area contributed by atoms with Crippen LogP contribution in [0.3, 0.4) is 0 Å². The molecule has 0 amide bonds. The summed E-state index contributed by atoms with van der Waals surface area (Å²) in [5.41, 5.74) is 0. The minimum absolute atomic E-state index is 0. The Labute approximate surface area is 79.6 Å². The first-order valence-electron chi connectivity index (χ1n) is 2.67. The molecule has 0 aliphatic heterocycles. The second kappa shape index (κ2) is 3.93. The van der Waals surface area contributed by atoms with Crippen LogP contribution in [0.25, 0.3) is 0 Å². The Balaban J connectivity index is 0.00000144. The molecule has 0 atom stereocenters. The summed E-state index contributed by atoms with van der Waals surface area (Å²) in [6.45, 7) is 0. The van der Waals surface area contributed by atoms with Gasteiger partial charge in [-0.25, -0.2) is 13.2 Å². The molecule has 77 valence electrons. The van der Waals surface area contributed by atoms with Gasteiger partial charge in [0.05, 0.1) is 0 Å². The predicted octanol–water partition coefficient (Wildman–Crippen LogP) is 2.09. The van der Waals surface area contributed by atoms with Crippen molar-refractivity contribution in [3.05, 3.63) is 29.1 Å². The van der Waals surface area contributed by atoms with Crippen LogP contribution in [-0.2, 0) is 17.1 Å². The molecule has 0 heterocycles. The van der Waals surface area contributed by atoms with Crippen molar-refractivity contribution < 1.29 is 44.1 Å². The van der Waals surface area contributed by atoms with Crippen molar-refractivity contribution in [3.8, 4) is 5.75 Å². The molecule has 13 heavy (non-hydrogen) atoms. The van der Waals surface area contributed by atoms with Crippen molar-refractivity contribution in [1.82, 2.24) is 0 Å². The maximum Gasteiger partial charge on any atom is 0.206 e. The molecule has 1 radical (unpaired) electrons. The molecular formula is C6HCuF5O. The fourth-order valence-electron chi connectivity index (χ4n) is 0.593. The van der Waals surface area contributed by atoms with Gasteiger partial charge in [0.25, 0.3) is 0 Å². The molecule has 0 aliphatic rings. The molecule has 1 nitrogen and oxygen atoms in total. The third-order valence-corrected chi connectivity index (χ3v) is 1.19. The van der Waals surface area contributed by atoms with Gasteiger partial charge in [0, 0.05) is 17.1 Å². The number of aromatic hydroxyl groups is 1. The first-order valence-corrected chi connectivity index (χ1v) is 2.67. The normalized spacial score (nSPS) is 9.62. The predicted molar refractivity (Wildman–Crippen MR) is 27.9 cm³/mol. The zero-order valence-corrected chi connectivity index (χ0v) is 6.58. The molecule has 1 aromatic carbocycles. The van der Waals surface area contributed by atoms with Crippen LogP contribution in [0.4, 0.5) is 22.0 Å². The quantitative estimate of drug-likeness (QED) is 0.322. The van der Waals surface area contributed by atoms with Crippen molar-refractivity contribution in [1.29, 1.82) is 0 Å². The number of phenols is 1. The minimum atomic E-state index is -2.29. The second-order valence-corrected chi connectivity index (χ2v) is 1.92. The van der Waals surface area contributed by atoms with E-state index >= 15 is 0 Å². The summed E-state index contributed by atoms with van der Waals surface area (Å²) in [5.74, 6) is -12.9. The van der Waals surface area contributed by atoms with E-state index in [2.05, 4.69) is 0 Å². The average molecular weight is 248 g/mol. The molecule has 0 fully saturated rings. The van der Waals surface area contributed by atoms with E-state index in [0.717, 1.165) is 0 Å². The molecule has 0 bridgehead atoms. The second-order valence-electron chi connectivity index (χ2n) is 1.92. The van der Waals surface area contributed by atoms with Crippen LogP contribution < -0.4 is 0 Å². The van der Waals surface area contributed by atoms with Crippen molar-refractivity contribution in [3.63, 3.8) is 0 Å². The average Bonchev–Trinajstić information content (AvgIpc) is 2.08. The Morgan fingerprint density at radius 3 is 1.15 bits per heavy atom. The van der Waals surface area contributed by atoms with Crippen LogP contribution in [0.15, 0.2) is 0 Å². The van der Waals surface area contributed by atoms with Gasteiger partial charge in [-0.1, -0.05) is 0 Å². The van der Waals surface area contributed by atoms with E-state index in [1.807, 2.05) is 0 Å². The zero-order valence-electron chi connectivity index (χ0n) is 5.64. The van der Waals surface area contributed by atoms with Crippen LogP contribution in [0.1, 0.15) is 0 Å². The van der Waals surface area contributed by atoms with Crippen LogP contribution >= 0.6 is 0 Å². The number of hydrogen-bond donors (Lipinski definition) is 1. The molecular weight excluding hydrogens is 247 g/mol. The number of hydrogen-bond acceptors (Lipinski definition) is 1. The molecule has 1 rings (SSSR count). The summed E-state index contributed by atoms with van der Waals surface area (Å²) in [4.78, 5) is 0. The molecule has 1 aromatic rings. The van der Waals surface area contributed by atoms with E-state index in [1.165, 1.54) is 0 Å². The molecule has 0 saturated heterocycles. The molecule has 0 saturated carbocycles. The van der Waals surface area contributed by atoms with Gasteiger partial charge in [-0.05, 0) is 0 Å². The van der Waals surface area contributed by atoms with E-state index in [4.69, 9.17) is 5.11 Å². The topological polar surface area (TPSA) is 20.2 Å². The molecule has 0 aliphatic carbocycles. The van der Waals surface area contributed by atoms with Gasteiger partial charge >= 0.3 is 0 Å². The molecule has 7 heteroatoms. The first kappa shape index (κ1) is 12.2. The zero-order chi connectivity index (χ0) is 9.46. The van der Waals surface area contributed by atoms with Crippen LogP contribution in [0.2, 0.25) is 0 Å². The summed E-state index contributed by atoms with van der Waals surface area (Å²) < 4.78 is 60.6. The third-order valence-electron chi connectivity index (χ3n) is 1.19. The molecule has 0 aromatic heterocycles. The number of benzene rings is 1. The first-order chi connectivity index (χ1) is 5.46. The van der Waals surface area contributed by atoms with Gasteiger partial charge in [0.2, 0.25) is 29.1 Å². The maximum atomic E-state index is 12.2. The van der Waals surface area contributed by atoms with Crippen molar-refractivity contribution in [2.24, 2.45) is 0 Å². The fourth-order valence-corrected chi connectivity index (χ4v) is 0.593. The standard InChI is InChI=1S/C6HF5O.Cu/c7-1-2(8)4(10)6(12)5(11)3(1)9;/h12H;. The van der Waals surface area contributed by atoms with Crippen LogP contribution in [0.5, 0.6) is 5.75 Å². The number of rotatable bonds is 0. The summed E-state index contributed by atoms with van der Waals surface area (Å²) in [6.07, 6.45) is 0. The Kier molecular flexibility index (Phi) is 3.69. The Morgan fingerprint density at radius 1 is 0.615 bits per heavy atom. The van der Waals surface area contributed by atoms with Crippen LogP contribution in [-0.4, -0.2) is 5.11 Å². The largest absolute Gasteiger partial charge is 0.503 e. The summed E-state index contributed by atoms with van der Waals surface area (Å²) in [7, 11) is 0. The van der Waals surface area contributed by atoms with E-state index in [1.54, 1.807) is 0 Å². The monoisotopic (exact) mass is 247 g/mol. The SMILES string of the molecule is Oc1c(F)c(F)c(F)c(F)c1F.[Cu]. The molecule has 1 N–H and O–H groups in total. The van der Waals surface area contributed by atoms with E-state index < -0.39 is 34.8 Å². The Hall–Kier alpha value is -0.811. The Morgan fingerprint density at radius 2 is 0.846 bits per heavy atom. The molecule has 0 unspecified atom stereocenters. The van der Waals surface area contributed by atoms with Gasteiger partial charge in [0.15, 0.2) is 5.75 Å². The van der Waals surface area contributed by atoms with E-state index in [-0.39, 0.29) is 17.1 Å². The number of phenolic OH excluding ortho intramolecular Hbond substituents is 1. The van der Waals surface area contributed by atoms with Gasteiger partial charge in [-0.15, -0.1) is 0 Å². The van der Waals surface area contributed by atoms with Crippen molar-refractivity contribution in [2.75, 3.05) is 0 Å². The number of halogens is 5.